The first-order chi connectivity index (χ1) is 20.0. The van der Waals surface area contributed by atoms with Gasteiger partial charge in [-0.15, -0.1) is 0 Å². The minimum absolute atomic E-state index is 0.0353. The van der Waals surface area contributed by atoms with Gasteiger partial charge < -0.3 is 19.9 Å². The largest absolute Gasteiger partial charge is 0.324 e. The molecule has 0 saturated heterocycles. The van der Waals surface area contributed by atoms with Gasteiger partial charge in [-0.2, -0.15) is 4.98 Å². The predicted molar refractivity (Wildman–Crippen MR) is 167 cm³/mol. The summed E-state index contributed by atoms with van der Waals surface area (Å²) in [5, 5.41) is 3.40. The van der Waals surface area contributed by atoms with Crippen LogP contribution < -0.4 is 15.1 Å². The Morgan fingerprint density at radius 1 is 0.902 bits per heavy atom. The molecule has 0 atom stereocenters. The maximum Gasteiger partial charge on any atom is 0.260 e. The van der Waals surface area contributed by atoms with Gasteiger partial charge in [0.2, 0.25) is 5.95 Å². The molecule has 2 aliphatic rings. The van der Waals surface area contributed by atoms with Crippen molar-refractivity contribution in [2.75, 3.05) is 22.2 Å². The molecule has 2 heterocycles. The molecule has 1 aromatic heterocycles. The first-order valence-electron chi connectivity index (χ1n) is 15.4. The molecule has 5 rings (SSSR count). The number of ketones is 1. The minimum Gasteiger partial charge on any atom is -0.324 e. The Balaban J connectivity index is 1.21. The van der Waals surface area contributed by atoms with Crippen molar-refractivity contribution in [3.8, 4) is 0 Å². The van der Waals surface area contributed by atoms with Crippen LogP contribution in [0, 0.1) is 0 Å². The van der Waals surface area contributed by atoms with E-state index in [9.17, 15) is 9.59 Å². The van der Waals surface area contributed by atoms with Crippen molar-refractivity contribution in [3.05, 3.63) is 65.9 Å². The van der Waals surface area contributed by atoms with Gasteiger partial charge in [0.25, 0.3) is 5.91 Å². The summed E-state index contributed by atoms with van der Waals surface area (Å²) >= 11 is 0. The summed E-state index contributed by atoms with van der Waals surface area (Å²) in [6.45, 7) is 1.68. The molecule has 0 bridgehead atoms. The highest BCUT2D eigenvalue weighted by molar-refractivity contribution is 6.13. The van der Waals surface area contributed by atoms with Gasteiger partial charge in [0.05, 0.1) is 17.4 Å². The lowest BCUT2D eigenvalue weighted by Crippen LogP contribution is -2.30. The molecular formula is C34H43N5O2. The van der Waals surface area contributed by atoms with E-state index >= 15 is 0 Å². The number of Topliss-reactive ketones (excluding diaryl/α,β-unsaturated/α-hetero) is 1. The number of nitrogens with zero attached hydrogens (tertiary/aromatic N) is 4. The van der Waals surface area contributed by atoms with E-state index in [4.69, 9.17) is 4.98 Å². The van der Waals surface area contributed by atoms with E-state index in [2.05, 4.69) is 39.5 Å². The van der Waals surface area contributed by atoms with Crippen LogP contribution in [-0.4, -0.2) is 34.7 Å². The monoisotopic (exact) mass is 553 g/mol. The zero-order valence-electron chi connectivity index (χ0n) is 24.6. The zero-order chi connectivity index (χ0) is 28.6. The molecule has 0 unspecified atom stereocenters. The minimum atomic E-state index is -0.0353. The Morgan fingerprint density at radius 3 is 2.32 bits per heavy atom. The second-order valence-corrected chi connectivity index (χ2v) is 11.6. The second kappa shape index (κ2) is 13.7. The number of rotatable bonds is 13. The number of carbonyl (C=O) groups excluding carboxylic acids is 2. The number of aromatic nitrogens is 2. The van der Waals surface area contributed by atoms with Crippen LogP contribution in [0.3, 0.4) is 0 Å². The van der Waals surface area contributed by atoms with Crippen molar-refractivity contribution in [1.82, 2.24) is 9.97 Å². The van der Waals surface area contributed by atoms with Gasteiger partial charge in [0, 0.05) is 25.2 Å². The van der Waals surface area contributed by atoms with Gasteiger partial charge in [-0.1, -0.05) is 69.2 Å². The highest BCUT2D eigenvalue weighted by atomic mass is 16.2. The quantitative estimate of drug-likeness (QED) is 0.215. The van der Waals surface area contributed by atoms with Gasteiger partial charge in [-0.3, -0.25) is 4.79 Å². The predicted octanol–water partition coefficient (Wildman–Crippen LogP) is 8.14. The molecule has 7 nitrogen and oxygen atoms in total. The number of aryl methyl sites for hydroxylation is 1. The molecule has 41 heavy (non-hydrogen) atoms. The lowest BCUT2D eigenvalue weighted by Gasteiger charge is -2.31. The number of unbranched alkanes of at least 4 members (excludes halogenated alkanes) is 6. The summed E-state index contributed by atoms with van der Waals surface area (Å²) in [5.41, 5.74) is 4.65. The van der Waals surface area contributed by atoms with Crippen molar-refractivity contribution >= 4 is 40.5 Å². The Bertz CT molecular complexity index is 1330. The second-order valence-electron chi connectivity index (χ2n) is 11.6. The third-order valence-corrected chi connectivity index (χ3v) is 8.43. The number of nitrogens with one attached hydrogen (secondary N) is 1. The average Bonchev–Trinajstić information content (AvgIpc) is 3.49. The molecule has 1 fully saturated rings. The van der Waals surface area contributed by atoms with Crippen molar-refractivity contribution in [2.45, 2.75) is 96.4 Å². The number of carbonyl (C=O) groups is 2. The van der Waals surface area contributed by atoms with Crippen LogP contribution in [0.25, 0.3) is 0 Å². The summed E-state index contributed by atoms with van der Waals surface area (Å²) in [4.78, 5) is 38.0. The van der Waals surface area contributed by atoms with E-state index in [-0.39, 0.29) is 5.91 Å². The van der Waals surface area contributed by atoms with Crippen LogP contribution in [0.1, 0.15) is 99.9 Å². The Hall–Kier alpha value is -3.74. The topological polar surface area (TPSA) is 78.4 Å². The van der Waals surface area contributed by atoms with Gasteiger partial charge in [0.1, 0.15) is 11.5 Å². The zero-order valence-corrected chi connectivity index (χ0v) is 24.6. The van der Waals surface area contributed by atoms with E-state index in [1.165, 1.54) is 56.9 Å². The van der Waals surface area contributed by atoms with Crippen LogP contribution in [0.2, 0.25) is 0 Å². The number of anilines is 5. The summed E-state index contributed by atoms with van der Waals surface area (Å²) in [5.74, 6) is 1.58. The Labute approximate surface area is 244 Å². The maximum atomic E-state index is 13.4. The molecule has 0 radical (unpaired) electrons. The van der Waals surface area contributed by atoms with E-state index in [1.807, 2.05) is 31.3 Å². The van der Waals surface area contributed by atoms with Crippen molar-refractivity contribution in [2.24, 2.45) is 0 Å². The highest BCUT2D eigenvalue weighted by Crippen LogP contribution is 2.43. The SMILES string of the molecule is CC(=O)CCCCCCCCCc1ccc(Nc2ncc3c(n2)N(C2CCCC2)c2ccccc2C(=O)N3C)cc1. The Kier molecular flexibility index (Phi) is 9.65. The fraction of sp³-hybridized carbons (Fsp3) is 0.471. The molecule has 3 aromatic rings. The van der Waals surface area contributed by atoms with Gasteiger partial charge >= 0.3 is 0 Å². The maximum absolute atomic E-state index is 13.4. The molecule has 1 saturated carbocycles. The molecule has 7 heteroatoms. The van der Waals surface area contributed by atoms with Crippen LogP contribution in [0.15, 0.2) is 54.7 Å². The van der Waals surface area contributed by atoms with Crippen LogP contribution in [0.4, 0.5) is 28.8 Å². The van der Waals surface area contributed by atoms with Gasteiger partial charge in [-0.05, 0) is 68.9 Å². The number of para-hydroxylation sites is 1. The van der Waals surface area contributed by atoms with E-state index in [0.717, 1.165) is 55.0 Å². The van der Waals surface area contributed by atoms with Crippen molar-refractivity contribution < 1.29 is 9.59 Å². The van der Waals surface area contributed by atoms with E-state index < -0.39 is 0 Å². The fourth-order valence-corrected chi connectivity index (χ4v) is 6.11. The van der Waals surface area contributed by atoms with Crippen molar-refractivity contribution in [3.63, 3.8) is 0 Å². The molecule has 0 spiro atoms. The summed E-state index contributed by atoms with van der Waals surface area (Å²) in [7, 11) is 1.81. The lowest BCUT2D eigenvalue weighted by molar-refractivity contribution is -0.117. The third-order valence-electron chi connectivity index (χ3n) is 8.43. The Morgan fingerprint density at radius 2 is 1.59 bits per heavy atom. The highest BCUT2D eigenvalue weighted by Gasteiger charge is 2.35. The normalized spacial score (nSPS) is 15.0. The standard InChI is InChI=1S/C34H43N5O2/c1-25(40)14-8-6-4-3-5-7-9-15-26-20-22-27(23-21-26)36-34-35-24-31-32(37-34)39(28-16-10-11-17-28)30-19-13-12-18-29(30)33(41)38(31)2/h12-13,18-24,28H,3-11,14-17H2,1-2H3,(H,35,36,37). The van der Waals surface area contributed by atoms with E-state index in [1.54, 1.807) is 18.0 Å². The molecule has 1 amide bonds. The number of benzene rings is 2. The third kappa shape index (κ3) is 7.13. The average molecular weight is 554 g/mol. The molecule has 1 N–H and O–H groups in total. The summed E-state index contributed by atoms with van der Waals surface area (Å²) in [6.07, 6.45) is 16.5. The fourth-order valence-electron chi connectivity index (χ4n) is 6.11. The first kappa shape index (κ1) is 28.8. The number of amides is 1. The molecular weight excluding hydrogens is 510 g/mol. The van der Waals surface area contributed by atoms with Crippen LogP contribution in [0.5, 0.6) is 0 Å². The smallest absolute Gasteiger partial charge is 0.260 e. The summed E-state index contributed by atoms with van der Waals surface area (Å²) in [6, 6.07) is 16.7. The van der Waals surface area contributed by atoms with E-state index in [0.29, 0.717) is 23.3 Å². The number of hydrogen-bond donors (Lipinski definition) is 1. The molecule has 216 valence electrons. The van der Waals surface area contributed by atoms with Crippen LogP contribution >= 0.6 is 0 Å². The van der Waals surface area contributed by atoms with Gasteiger partial charge in [0.15, 0.2) is 5.82 Å². The molecule has 2 aromatic carbocycles. The number of hydrogen-bond acceptors (Lipinski definition) is 6. The summed E-state index contributed by atoms with van der Waals surface area (Å²) < 4.78 is 0. The lowest BCUT2D eigenvalue weighted by atomic mass is 10.0. The molecule has 1 aliphatic heterocycles. The van der Waals surface area contributed by atoms with Crippen LogP contribution in [-0.2, 0) is 11.2 Å². The number of fused-ring (bicyclic) bond motifs is 2. The molecule has 1 aliphatic carbocycles. The van der Waals surface area contributed by atoms with Crippen molar-refractivity contribution in [1.29, 1.82) is 0 Å². The first-order valence-corrected chi connectivity index (χ1v) is 15.4. The van der Waals surface area contributed by atoms with Gasteiger partial charge in [-0.25, -0.2) is 4.98 Å².